The molecule has 0 saturated heterocycles. The van der Waals surface area contributed by atoms with Crippen LogP contribution in [0.25, 0.3) is 0 Å². The molecular weight excluding hydrogens is 235 g/mol. The minimum Gasteiger partial charge on any atom is -0.396 e. The molecule has 0 aromatic heterocycles. The van der Waals surface area contributed by atoms with Crippen LogP contribution in [0.4, 0.5) is 11.4 Å². The average Bonchev–Trinajstić information content (AvgIpc) is 2.66. The number of hydrogen-bond donors (Lipinski definition) is 3. The lowest BCUT2D eigenvalue weighted by Gasteiger charge is -2.09. The van der Waals surface area contributed by atoms with Crippen molar-refractivity contribution in [2.75, 3.05) is 24.1 Å². The topological polar surface area (TPSA) is 62.4 Å². The summed E-state index contributed by atoms with van der Waals surface area (Å²) in [7, 11) is 0. The molecule has 0 saturated carbocycles. The molecule has 15 heavy (non-hydrogen) atoms. The first-order valence-electron chi connectivity index (χ1n) is 4.46. The first kappa shape index (κ1) is 10.4. The van der Waals surface area contributed by atoms with Gasteiger partial charge in [-0.25, -0.2) is 0 Å². The largest absolute Gasteiger partial charge is 0.396 e. The molecule has 0 bridgehead atoms. The molecule has 4 nitrogen and oxygen atoms in total. The summed E-state index contributed by atoms with van der Waals surface area (Å²) in [5.41, 5.74) is 6.79. The minimum atomic E-state index is 0.394. The Bertz CT molecular complexity index is 394. The van der Waals surface area contributed by atoms with Gasteiger partial charge in [-0.05, 0) is 12.1 Å². The van der Waals surface area contributed by atoms with Gasteiger partial charge in [0.1, 0.15) is 0 Å². The lowest BCUT2D eigenvalue weighted by molar-refractivity contribution is 0.959. The third-order valence-electron chi connectivity index (χ3n) is 2.02. The van der Waals surface area contributed by atoms with Gasteiger partial charge >= 0.3 is 0 Å². The fourth-order valence-electron chi connectivity index (χ4n) is 1.27. The van der Waals surface area contributed by atoms with Crippen molar-refractivity contribution in [3.63, 3.8) is 0 Å². The highest BCUT2D eigenvalue weighted by molar-refractivity contribution is 6.39. The van der Waals surface area contributed by atoms with Gasteiger partial charge in [-0.2, -0.15) is 0 Å². The summed E-state index contributed by atoms with van der Waals surface area (Å²) in [6.07, 6.45) is 0. The van der Waals surface area contributed by atoms with Crippen molar-refractivity contribution in [2.45, 2.75) is 0 Å². The fraction of sp³-hybridized carbons (Fsp3) is 0.222. The van der Waals surface area contributed by atoms with Crippen LogP contribution < -0.4 is 16.4 Å². The molecule has 1 heterocycles. The molecule has 6 heteroatoms. The van der Waals surface area contributed by atoms with Crippen molar-refractivity contribution >= 4 is 40.5 Å². The fourth-order valence-corrected chi connectivity index (χ4v) is 1.76. The van der Waals surface area contributed by atoms with Crippen LogP contribution >= 0.6 is 23.2 Å². The van der Waals surface area contributed by atoms with E-state index in [2.05, 4.69) is 15.6 Å². The summed E-state index contributed by atoms with van der Waals surface area (Å²) >= 11 is 11.8. The second-order valence-corrected chi connectivity index (χ2v) is 3.95. The van der Waals surface area contributed by atoms with Crippen LogP contribution in [0.15, 0.2) is 17.1 Å². The van der Waals surface area contributed by atoms with Gasteiger partial charge in [-0.15, -0.1) is 0 Å². The Hall–Kier alpha value is -1.13. The average molecular weight is 245 g/mol. The number of hydrogen-bond acceptors (Lipinski definition) is 4. The summed E-state index contributed by atoms with van der Waals surface area (Å²) in [4.78, 5) is 4.19. The van der Waals surface area contributed by atoms with Crippen molar-refractivity contribution in [1.29, 1.82) is 0 Å². The maximum absolute atomic E-state index is 5.89. The molecule has 80 valence electrons. The van der Waals surface area contributed by atoms with Crippen molar-refractivity contribution in [2.24, 2.45) is 4.99 Å². The third kappa shape index (κ3) is 2.27. The predicted octanol–water partition coefficient (Wildman–Crippen LogP) is 1.95. The van der Waals surface area contributed by atoms with Crippen molar-refractivity contribution < 1.29 is 0 Å². The van der Waals surface area contributed by atoms with Gasteiger partial charge in [0.05, 0.1) is 22.3 Å². The van der Waals surface area contributed by atoms with Crippen LogP contribution in [0.1, 0.15) is 0 Å². The molecule has 1 aliphatic rings. The van der Waals surface area contributed by atoms with Gasteiger partial charge in [0, 0.05) is 12.2 Å². The number of rotatable bonds is 1. The monoisotopic (exact) mass is 244 g/mol. The van der Waals surface area contributed by atoms with Crippen LogP contribution in [0.3, 0.4) is 0 Å². The smallest absolute Gasteiger partial charge is 0.195 e. The van der Waals surface area contributed by atoms with E-state index in [-0.39, 0.29) is 0 Å². The number of nitrogens with two attached hydrogens (primary N) is 1. The van der Waals surface area contributed by atoms with E-state index in [1.807, 2.05) is 0 Å². The van der Waals surface area contributed by atoms with E-state index in [1.165, 1.54) is 0 Å². The summed E-state index contributed by atoms with van der Waals surface area (Å²) in [5, 5.41) is 7.01. The minimum absolute atomic E-state index is 0.394. The molecule has 0 fully saturated rings. The van der Waals surface area contributed by atoms with Crippen LogP contribution in [-0.2, 0) is 0 Å². The highest BCUT2D eigenvalue weighted by atomic mass is 35.5. The van der Waals surface area contributed by atoms with Crippen molar-refractivity contribution in [3.05, 3.63) is 22.2 Å². The van der Waals surface area contributed by atoms with Gasteiger partial charge < -0.3 is 16.4 Å². The number of anilines is 2. The molecule has 0 aliphatic carbocycles. The maximum atomic E-state index is 5.89. The molecule has 0 spiro atoms. The molecule has 2 rings (SSSR count). The van der Waals surface area contributed by atoms with E-state index in [0.717, 1.165) is 24.7 Å². The quantitative estimate of drug-likeness (QED) is 0.662. The van der Waals surface area contributed by atoms with Gasteiger partial charge in [-0.1, -0.05) is 23.2 Å². The van der Waals surface area contributed by atoms with Crippen LogP contribution in [0.5, 0.6) is 0 Å². The lowest BCUT2D eigenvalue weighted by atomic mass is 10.3. The third-order valence-corrected chi connectivity index (χ3v) is 2.64. The van der Waals surface area contributed by atoms with Crippen molar-refractivity contribution in [3.8, 4) is 0 Å². The normalized spacial score (nSPS) is 14.7. The molecule has 0 unspecified atom stereocenters. The number of guanidine groups is 1. The Kier molecular flexibility index (Phi) is 2.88. The first-order valence-corrected chi connectivity index (χ1v) is 5.22. The standard InChI is InChI=1S/C9H10Cl2N4/c10-6-3-5(4-7(11)8(6)12)15-9-13-1-2-14-9/h3-4H,1-2,12H2,(H2,13,14,15). The molecule has 4 N–H and O–H groups in total. The lowest BCUT2D eigenvalue weighted by Crippen LogP contribution is -2.26. The number of halogens is 2. The van der Waals surface area contributed by atoms with Gasteiger partial charge in [0.15, 0.2) is 5.96 Å². The van der Waals surface area contributed by atoms with Crippen LogP contribution in [0.2, 0.25) is 10.0 Å². The summed E-state index contributed by atoms with van der Waals surface area (Å²) < 4.78 is 0. The summed E-state index contributed by atoms with van der Waals surface area (Å²) in [6, 6.07) is 3.43. The van der Waals surface area contributed by atoms with E-state index >= 15 is 0 Å². The Morgan fingerprint density at radius 3 is 2.53 bits per heavy atom. The molecule has 1 aromatic rings. The number of nitrogen functional groups attached to an aromatic ring is 1. The predicted molar refractivity (Wildman–Crippen MR) is 64.8 cm³/mol. The van der Waals surface area contributed by atoms with Gasteiger partial charge in [-0.3, -0.25) is 4.99 Å². The zero-order chi connectivity index (χ0) is 10.8. The number of nitrogens with one attached hydrogen (secondary N) is 2. The van der Waals surface area contributed by atoms with Gasteiger partial charge in [0.25, 0.3) is 0 Å². The van der Waals surface area contributed by atoms with E-state index in [0.29, 0.717) is 15.7 Å². The Balaban J connectivity index is 2.22. The molecule has 1 aromatic carbocycles. The first-order chi connectivity index (χ1) is 7.16. The SMILES string of the molecule is Nc1c(Cl)cc(NC2=NCCN2)cc1Cl. The Morgan fingerprint density at radius 2 is 2.00 bits per heavy atom. The molecule has 0 atom stereocenters. The van der Waals surface area contributed by atoms with Gasteiger partial charge in [0.2, 0.25) is 0 Å². The van der Waals surface area contributed by atoms with Crippen LogP contribution in [0, 0.1) is 0 Å². The maximum Gasteiger partial charge on any atom is 0.195 e. The van der Waals surface area contributed by atoms with E-state index in [9.17, 15) is 0 Å². The highest BCUT2D eigenvalue weighted by Gasteiger charge is 2.08. The molecule has 1 aliphatic heterocycles. The second kappa shape index (κ2) is 4.16. The Labute approximate surface area is 97.5 Å². The second-order valence-electron chi connectivity index (χ2n) is 3.14. The van der Waals surface area contributed by atoms with Crippen LogP contribution in [-0.4, -0.2) is 19.0 Å². The molecular formula is C9H10Cl2N4. The number of aliphatic imine (C=N–C) groups is 1. The zero-order valence-corrected chi connectivity index (χ0v) is 9.36. The Morgan fingerprint density at radius 1 is 1.33 bits per heavy atom. The number of nitrogens with zero attached hydrogens (tertiary/aromatic N) is 1. The summed E-state index contributed by atoms with van der Waals surface area (Å²) in [5.74, 6) is 0.729. The highest BCUT2D eigenvalue weighted by Crippen LogP contribution is 2.31. The zero-order valence-electron chi connectivity index (χ0n) is 7.85. The van der Waals surface area contributed by atoms with E-state index < -0.39 is 0 Å². The van der Waals surface area contributed by atoms with E-state index in [1.54, 1.807) is 12.1 Å². The van der Waals surface area contributed by atoms with Crippen molar-refractivity contribution in [1.82, 2.24) is 5.32 Å². The molecule has 0 radical (unpaired) electrons. The summed E-state index contributed by atoms with van der Waals surface area (Å²) in [6.45, 7) is 1.62. The van der Waals surface area contributed by atoms with E-state index in [4.69, 9.17) is 28.9 Å². The number of benzene rings is 1. The molecule has 0 amide bonds.